The summed E-state index contributed by atoms with van der Waals surface area (Å²) >= 11 is 0. The van der Waals surface area contributed by atoms with Crippen molar-refractivity contribution in [2.75, 3.05) is 6.54 Å². The van der Waals surface area contributed by atoms with Crippen LogP contribution in [-0.4, -0.2) is 41.3 Å². The molecule has 0 aliphatic carbocycles. The molecule has 1 amide bonds. The Kier molecular flexibility index (Phi) is 3.82. The monoisotopic (exact) mass is 238 g/mol. The molecule has 0 radical (unpaired) electrons. The van der Waals surface area contributed by atoms with Crippen LogP contribution in [0, 0.1) is 0 Å². The molecule has 2 atom stereocenters. The van der Waals surface area contributed by atoms with Gasteiger partial charge in [-0.15, -0.1) is 0 Å². The van der Waals surface area contributed by atoms with Crippen LogP contribution in [0.25, 0.3) is 0 Å². The highest BCUT2D eigenvalue weighted by Gasteiger charge is 2.38. The van der Waals surface area contributed by atoms with E-state index in [-0.39, 0.29) is 11.9 Å². The third kappa shape index (κ3) is 3.06. The van der Waals surface area contributed by atoms with Crippen LogP contribution in [0.3, 0.4) is 0 Å². The first kappa shape index (κ1) is 12.6. The number of hydrogen-bond acceptors (Lipinski definition) is 3. The van der Waals surface area contributed by atoms with Crippen LogP contribution in [0.2, 0.25) is 0 Å². The average molecular weight is 238 g/mol. The second kappa shape index (κ2) is 5.17. The SMILES string of the molecule is CC(C)NC(=O)CN1C2CCCC1CC(=O)C2. The van der Waals surface area contributed by atoms with E-state index in [1.165, 1.54) is 6.42 Å². The zero-order valence-corrected chi connectivity index (χ0v) is 10.7. The van der Waals surface area contributed by atoms with Crippen molar-refractivity contribution >= 4 is 11.7 Å². The summed E-state index contributed by atoms with van der Waals surface area (Å²) in [4.78, 5) is 25.6. The highest BCUT2D eigenvalue weighted by Crippen LogP contribution is 2.31. The van der Waals surface area contributed by atoms with Crippen molar-refractivity contribution in [2.45, 2.75) is 64.1 Å². The first-order chi connectivity index (χ1) is 8.06. The maximum absolute atomic E-state index is 11.8. The molecule has 0 saturated carbocycles. The predicted molar refractivity (Wildman–Crippen MR) is 65.7 cm³/mol. The number of piperidine rings is 2. The Balaban J connectivity index is 1.95. The van der Waals surface area contributed by atoms with Crippen LogP contribution in [0.5, 0.6) is 0 Å². The quantitative estimate of drug-likeness (QED) is 0.801. The van der Waals surface area contributed by atoms with Gasteiger partial charge in [0.25, 0.3) is 0 Å². The molecule has 2 saturated heterocycles. The van der Waals surface area contributed by atoms with Crippen LogP contribution < -0.4 is 5.32 Å². The van der Waals surface area contributed by atoms with E-state index < -0.39 is 0 Å². The van der Waals surface area contributed by atoms with Crippen molar-refractivity contribution in [1.29, 1.82) is 0 Å². The molecule has 2 heterocycles. The number of carbonyl (C=O) groups excluding carboxylic acids is 2. The van der Waals surface area contributed by atoms with Crippen molar-refractivity contribution in [3.63, 3.8) is 0 Å². The van der Waals surface area contributed by atoms with Crippen LogP contribution in [-0.2, 0) is 9.59 Å². The summed E-state index contributed by atoms with van der Waals surface area (Å²) in [5.41, 5.74) is 0. The van der Waals surface area contributed by atoms with Gasteiger partial charge in [0.2, 0.25) is 5.91 Å². The van der Waals surface area contributed by atoms with Gasteiger partial charge < -0.3 is 5.32 Å². The minimum atomic E-state index is 0.0891. The van der Waals surface area contributed by atoms with Gasteiger partial charge in [-0.2, -0.15) is 0 Å². The van der Waals surface area contributed by atoms with Crippen molar-refractivity contribution in [3.8, 4) is 0 Å². The van der Waals surface area contributed by atoms with Crippen LogP contribution in [0.1, 0.15) is 46.0 Å². The average Bonchev–Trinajstić information content (AvgIpc) is 2.18. The van der Waals surface area contributed by atoms with Gasteiger partial charge in [0.1, 0.15) is 5.78 Å². The molecule has 96 valence electrons. The summed E-state index contributed by atoms with van der Waals surface area (Å²) in [5, 5.41) is 2.93. The molecule has 17 heavy (non-hydrogen) atoms. The van der Waals surface area contributed by atoms with Crippen LogP contribution in [0.15, 0.2) is 0 Å². The molecule has 2 unspecified atom stereocenters. The molecule has 2 fully saturated rings. The van der Waals surface area contributed by atoms with Gasteiger partial charge in [-0.25, -0.2) is 0 Å². The fourth-order valence-electron chi connectivity index (χ4n) is 3.06. The third-order valence-electron chi connectivity index (χ3n) is 3.72. The van der Waals surface area contributed by atoms with Crippen LogP contribution in [0.4, 0.5) is 0 Å². The summed E-state index contributed by atoms with van der Waals surface area (Å²) in [6.45, 7) is 4.40. The first-order valence-corrected chi connectivity index (χ1v) is 6.63. The molecule has 0 spiro atoms. The van der Waals surface area contributed by atoms with Gasteiger partial charge in [-0.1, -0.05) is 6.42 Å². The predicted octanol–water partition coefficient (Wildman–Crippen LogP) is 1.10. The molecule has 1 N–H and O–H groups in total. The number of Topliss-reactive ketones (excluding diaryl/α,β-unsaturated/α-hetero) is 1. The number of fused-ring (bicyclic) bond motifs is 2. The van der Waals surface area contributed by atoms with Gasteiger partial charge in [0, 0.05) is 31.0 Å². The van der Waals surface area contributed by atoms with E-state index in [2.05, 4.69) is 10.2 Å². The number of hydrogen-bond donors (Lipinski definition) is 1. The number of amides is 1. The van der Waals surface area contributed by atoms with Gasteiger partial charge in [-0.3, -0.25) is 14.5 Å². The summed E-state index contributed by atoms with van der Waals surface area (Å²) in [6, 6.07) is 0.814. The molecule has 0 aromatic carbocycles. The number of ketones is 1. The lowest BCUT2D eigenvalue weighted by atomic mass is 9.84. The van der Waals surface area contributed by atoms with Crippen molar-refractivity contribution < 1.29 is 9.59 Å². The van der Waals surface area contributed by atoms with E-state index in [1.807, 2.05) is 13.8 Å². The fraction of sp³-hybridized carbons (Fsp3) is 0.846. The molecule has 4 nitrogen and oxygen atoms in total. The lowest BCUT2D eigenvalue weighted by Gasteiger charge is -2.45. The molecule has 2 bridgehead atoms. The zero-order chi connectivity index (χ0) is 12.4. The largest absolute Gasteiger partial charge is 0.353 e. The summed E-state index contributed by atoms with van der Waals surface area (Å²) < 4.78 is 0. The normalized spacial score (nSPS) is 29.5. The Morgan fingerprint density at radius 1 is 1.35 bits per heavy atom. The molecule has 2 rings (SSSR count). The Labute approximate surface area is 103 Å². The van der Waals surface area contributed by atoms with Gasteiger partial charge in [0.05, 0.1) is 6.54 Å². The minimum absolute atomic E-state index is 0.0891. The zero-order valence-electron chi connectivity index (χ0n) is 10.7. The van der Waals surface area contributed by atoms with Gasteiger partial charge in [0.15, 0.2) is 0 Å². The fourth-order valence-corrected chi connectivity index (χ4v) is 3.06. The van der Waals surface area contributed by atoms with E-state index in [1.54, 1.807) is 0 Å². The lowest BCUT2D eigenvalue weighted by molar-refractivity contribution is -0.133. The summed E-state index contributed by atoms with van der Waals surface area (Å²) in [6.07, 6.45) is 4.62. The third-order valence-corrected chi connectivity index (χ3v) is 3.72. The Morgan fingerprint density at radius 2 is 1.94 bits per heavy atom. The minimum Gasteiger partial charge on any atom is -0.353 e. The van der Waals surface area contributed by atoms with E-state index >= 15 is 0 Å². The Bertz CT molecular complexity index is 299. The molecular weight excluding hydrogens is 216 g/mol. The number of nitrogens with zero attached hydrogens (tertiary/aromatic N) is 1. The molecule has 4 heteroatoms. The number of rotatable bonds is 3. The molecule has 2 aliphatic heterocycles. The molecule has 2 aliphatic rings. The van der Waals surface area contributed by atoms with E-state index in [0.717, 1.165) is 12.8 Å². The maximum atomic E-state index is 11.8. The number of carbonyl (C=O) groups is 2. The second-order valence-corrected chi connectivity index (χ2v) is 5.58. The standard InChI is InChI=1S/C13H22N2O2/c1-9(2)14-13(17)8-15-10-4-3-5-11(15)7-12(16)6-10/h9-11H,3-8H2,1-2H3,(H,14,17). The Hall–Kier alpha value is -0.900. The molecule has 0 aromatic rings. The maximum Gasteiger partial charge on any atom is 0.234 e. The lowest BCUT2D eigenvalue weighted by Crippen LogP contribution is -2.55. The highest BCUT2D eigenvalue weighted by molar-refractivity contribution is 5.82. The summed E-state index contributed by atoms with van der Waals surface area (Å²) in [7, 11) is 0. The first-order valence-electron chi connectivity index (χ1n) is 6.63. The Morgan fingerprint density at radius 3 is 2.47 bits per heavy atom. The van der Waals surface area contributed by atoms with E-state index in [4.69, 9.17) is 0 Å². The van der Waals surface area contributed by atoms with E-state index in [0.29, 0.717) is 37.3 Å². The summed E-state index contributed by atoms with van der Waals surface area (Å²) in [5.74, 6) is 0.464. The van der Waals surface area contributed by atoms with Crippen LogP contribution >= 0.6 is 0 Å². The highest BCUT2D eigenvalue weighted by atomic mass is 16.2. The smallest absolute Gasteiger partial charge is 0.234 e. The van der Waals surface area contributed by atoms with E-state index in [9.17, 15) is 9.59 Å². The van der Waals surface area contributed by atoms with Crippen molar-refractivity contribution in [3.05, 3.63) is 0 Å². The van der Waals surface area contributed by atoms with Crippen molar-refractivity contribution in [2.24, 2.45) is 0 Å². The second-order valence-electron chi connectivity index (χ2n) is 5.58. The topological polar surface area (TPSA) is 49.4 Å². The molecule has 0 aromatic heterocycles. The molecular formula is C13H22N2O2. The number of nitrogens with one attached hydrogen (secondary N) is 1. The van der Waals surface area contributed by atoms with Crippen molar-refractivity contribution in [1.82, 2.24) is 10.2 Å². The van der Waals surface area contributed by atoms with Gasteiger partial charge >= 0.3 is 0 Å². The van der Waals surface area contributed by atoms with Gasteiger partial charge in [-0.05, 0) is 26.7 Å².